The van der Waals surface area contributed by atoms with Gasteiger partial charge in [-0.25, -0.2) is 9.78 Å². The van der Waals surface area contributed by atoms with E-state index in [9.17, 15) is 9.90 Å². The van der Waals surface area contributed by atoms with Crippen LogP contribution in [0.3, 0.4) is 0 Å². The maximum atomic E-state index is 11.5. The van der Waals surface area contributed by atoms with Gasteiger partial charge in [-0.1, -0.05) is 12.1 Å². The summed E-state index contributed by atoms with van der Waals surface area (Å²) in [5.74, 6) is 1.08. The van der Waals surface area contributed by atoms with E-state index in [2.05, 4.69) is 10.3 Å². The van der Waals surface area contributed by atoms with Crippen molar-refractivity contribution in [1.82, 2.24) is 10.3 Å². The third kappa shape index (κ3) is 3.28. The van der Waals surface area contributed by atoms with Crippen LogP contribution < -0.4 is 10.2 Å². The van der Waals surface area contributed by atoms with Crippen molar-refractivity contribution in [3.63, 3.8) is 0 Å². The Hall–Kier alpha value is -2.34. The number of benzene rings is 1. The summed E-state index contributed by atoms with van der Waals surface area (Å²) >= 11 is 0. The first-order valence-electron chi connectivity index (χ1n) is 7.42. The van der Waals surface area contributed by atoms with E-state index in [4.69, 9.17) is 4.42 Å². The molecule has 1 aromatic carbocycles. The van der Waals surface area contributed by atoms with E-state index >= 15 is 0 Å². The van der Waals surface area contributed by atoms with Gasteiger partial charge in [0.15, 0.2) is 6.39 Å². The van der Waals surface area contributed by atoms with E-state index in [-0.39, 0.29) is 6.54 Å². The molecule has 1 fully saturated rings. The van der Waals surface area contributed by atoms with Crippen LogP contribution >= 0.6 is 0 Å². The first-order valence-corrected chi connectivity index (χ1v) is 7.42. The van der Waals surface area contributed by atoms with E-state index in [0.717, 1.165) is 25.9 Å². The van der Waals surface area contributed by atoms with Crippen LogP contribution in [0.25, 0.3) is 0 Å². The average Bonchev–Trinajstić information content (AvgIpc) is 3.07. The lowest BCUT2D eigenvalue weighted by molar-refractivity contribution is 0.200. The van der Waals surface area contributed by atoms with Gasteiger partial charge in [-0.05, 0) is 49.5 Å². The Kier molecular flexibility index (Phi) is 4.39. The highest BCUT2D eigenvalue weighted by Gasteiger charge is 2.18. The number of oxazole rings is 1. The lowest BCUT2D eigenvalue weighted by atomic mass is 9.90. The monoisotopic (exact) mass is 301 g/mol. The van der Waals surface area contributed by atoms with Crippen LogP contribution in [0, 0.1) is 0 Å². The zero-order valence-electron chi connectivity index (χ0n) is 12.2. The van der Waals surface area contributed by atoms with Crippen molar-refractivity contribution >= 4 is 11.8 Å². The molecule has 1 amide bonds. The van der Waals surface area contributed by atoms with Gasteiger partial charge in [0.25, 0.3) is 0 Å². The highest BCUT2D eigenvalue weighted by atomic mass is 16.4. The zero-order chi connectivity index (χ0) is 15.4. The van der Waals surface area contributed by atoms with Gasteiger partial charge in [0, 0.05) is 5.69 Å². The molecule has 0 radical (unpaired) electrons. The zero-order valence-corrected chi connectivity index (χ0v) is 12.2. The summed E-state index contributed by atoms with van der Waals surface area (Å²) in [5, 5.41) is 12.8. The fourth-order valence-electron chi connectivity index (χ4n) is 2.83. The molecule has 0 spiro atoms. The van der Waals surface area contributed by atoms with Crippen LogP contribution in [0.5, 0.6) is 0 Å². The Morgan fingerprint density at radius 1 is 1.32 bits per heavy atom. The van der Waals surface area contributed by atoms with Gasteiger partial charge in [0.1, 0.15) is 5.76 Å². The Labute approximate surface area is 128 Å². The third-order valence-corrected chi connectivity index (χ3v) is 4.04. The summed E-state index contributed by atoms with van der Waals surface area (Å²) in [5.41, 5.74) is 1.91. The molecule has 2 N–H and O–H groups in total. The summed E-state index contributed by atoms with van der Waals surface area (Å²) < 4.78 is 5.13. The summed E-state index contributed by atoms with van der Waals surface area (Å²) in [6, 6.07) is 7.78. The van der Waals surface area contributed by atoms with Gasteiger partial charge in [-0.2, -0.15) is 0 Å². The normalized spacial score (nSPS) is 15.6. The second-order valence-corrected chi connectivity index (χ2v) is 5.45. The van der Waals surface area contributed by atoms with Crippen molar-refractivity contribution < 1.29 is 14.3 Å². The van der Waals surface area contributed by atoms with Crippen molar-refractivity contribution in [2.45, 2.75) is 25.3 Å². The summed E-state index contributed by atoms with van der Waals surface area (Å²) in [7, 11) is 0. The molecule has 2 heterocycles. The van der Waals surface area contributed by atoms with Crippen molar-refractivity contribution in [2.24, 2.45) is 0 Å². The Balaban J connectivity index is 1.75. The topological polar surface area (TPSA) is 78.6 Å². The minimum Gasteiger partial charge on any atom is -0.465 e. The van der Waals surface area contributed by atoms with Gasteiger partial charge in [0.2, 0.25) is 0 Å². The fourth-order valence-corrected chi connectivity index (χ4v) is 2.83. The molecule has 6 heteroatoms. The quantitative estimate of drug-likeness (QED) is 0.908. The van der Waals surface area contributed by atoms with Gasteiger partial charge in [0.05, 0.1) is 12.7 Å². The Bertz CT molecular complexity index is 604. The van der Waals surface area contributed by atoms with E-state index in [1.165, 1.54) is 23.1 Å². The van der Waals surface area contributed by atoms with E-state index < -0.39 is 6.09 Å². The van der Waals surface area contributed by atoms with Gasteiger partial charge in [-0.15, -0.1) is 0 Å². The number of piperidine rings is 1. The largest absolute Gasteiger partial charge is 0.465 e. The van der Waals surface area contributed by atoms with E-state index in [1.807, 2.05) is 24.3 Å². The first-order chi connectivity index (χ1) is 10.7. The van der Waals surface area contributed by atoms with Crippen LogP contribution in [-0.2, 0) is 6.54 Å². The Morgan fingerprint density at radius 2 is 2.05 bits per heavy atom. The van der Waals surface area contributed by atoms with E-state index in [1.54, 1.807) is 0 Å². The molecular formula is C16H19N3O3. The minimum absolute atomic E-state index is 0.155. The van der Waals surface area contributed by atoms with Crippen molar-refractivity contribution in [1.29, 1.82) is 0 Å². The second kappa shape index (κ2) is 6.62. The molecule has 0 atom stereocenters. The number of amides is 1. The van der Waals surface area contributed by atoms with Crippen LogP contribution in [0.1, 0.15) is 30.1 Å². The number of nitrogens with one attached hydrogen (secondary N) is 1. The summed E-state index contributed by atoms with van der Waals surface area (Å²) in [6.45, 7) is 2.24. The minimum atomic E-state index is -1.01. The molecule has 0 aliphatic carbocycles. The molecular weight excluding hydrogens is 282 g/mol. The predicted octanol–water partition coefficient (Wildman–Crippen LogP) is 2.83. The number of carboxylic acid groups (broad SMARTS) is 1. The number of aromatic nitrogens is 1. The SMILES string of the molecule is O=C(O)N(Cc1cnco1)c1ccc(C2CCNCC2)cc1. The van der Waals surface area contributed by atoms with Crippen LogP contribution in [0.15, 0.2) is 41.3 Å². The van der Waals surface area contributed by atoms with Crippen molar-refractivity contribution in [2.75, 3.05) is 18.0 Å². The Morgan fingerprint density at radius 3 is 2.64 bits per heavy atom. The molecule has 0 saturated carbocycles. The molecule has 22 heavy (non-hydrogen) atoms. The summed E-state index contributed by atoms with van der Waals surface area (Å²) in [6.07, 6.45) is 4.07. The fraction of sp³-hybridized carbons (Fsp3) is 0.375. The number of anilines is 1. The predicted molar refractivity (Wildman–Crippen MR) is 82.0 cm³/mol. The van der Waals surface area contributed by atoms with Gasteiger partial charge >= 0.3 is 6.09 Å². The molecule has 116 valence electrons. The maximum absolute atomic E-state index is 11.5. The number of nitrogens with zero attached hydrogens (tertiary/aromatic N) is 2. The highest BCUT2D eigenvalue weighted by molar-refractivity contribution is 5.85. The number of rotatable bonds is 4. The number of carbonyl (C=O) groups is 1. The van der Waals surface area contributed by atoms with Gasteiger partial charge in [-0.3, -0.25) is 4.90 Å². The van der Waals surface area contributed by atoms with Crippen molar-refractivity contribution in [3.8, 4) is 0 Å². The molecule has 1 aliphatic heterocycles. The smallest absolute Gasteiger partial charge is 0.412 e. The molecule has 2 aromatic rings. The number of hydrogen-bond acceptors (Lipinski definition) is 4. The molecule has 0 unspecified atom stereocenters. The van der Waals surface area contributed by atoms with Crippen LogP contribution in [0.2, 0.25) is 0 Å². The maximum Gasteiger partial charge on any atom is 0.412 e. The lowest BCUT2D eigenvalue weighted by Crippen LogP contribution is -2.28. The van der Waals surface area contributed by atoms with Crippen molar-refractivity contribution in [3.05, 3.63) is 48.2 Å². The standard InChI is InChI=1S/C16H19N3O3/c20-16(21)19(10-15-9-18-11-22-15)14-3-1-12(2-4-14)13-5-7-17-8-6-13/h1-4,9,11,13,17H,5-8,10H2,(H,20,21). The molecule has 3 rings (SSSR count). The molecule has 1 aromatic heterocycles. The molecule has 1 aliphatic rings. The average molecular weight is 301 g/mol. The molecule has 0 bridgehead atoms. The second-order valence-electron chi connectivity index (χ2n) is 5.45. The third-order valence-electron chi connectivity index (χ3n) is 4.04. The highest BCUT2D eigenvalue weighted by Crippen LogP contribution is 2.27. The van der Waals surface area contributed by atoms with E-state index in [0.29, 0.717) is 17.4 Å². The van der Waals surface area contributed by atoms with Gasteiger partial charge < -0.3 is 14.8 Å². The summed E-state index contributed by atoms with van der Waals surface area (Å²) in [4.78, 5) is 16.5. The molecule has 1 saturated heterocycles. The lowest BCUT2D eigenvalue weighted by Gasteiger charge is -2.24. The molecule has 6 nitrogen and oxygen atoms in total. The van der Waals surface area contributed by atoms with Crippen LogP contribution in [-0.4, -0.2) is 29.3 Å². The van der Waals surface area contributed by atoms with Crippen LogP contribution in [0.4, 0.5) is 10.5 Å². The number of hydrogen-bond donors (Lipinski definition) is 2. The first kappa shape index (κ1) is 14.6.